The van der Waals surface area contributed by atoms with E-state index in [-0.39, 0.29) is 4.75 Å². The molecule has 0 saturated carbocycles. The van der Waals surface area contributed by atoms with Crippen LogP contribution in [0.5, 0.6) is 0 Å². The lowest BCUT2D eigenvalue weighted by atomic mass is 10.0. The first-order valence-corrected chi connectivity index (χ1v) is 10.9. The Morgan fingerprint density at radius 1 is 0.957 bits per heavy atom. The van der Waals surface area contributed by atoms with E-state index >= 15 is 0 Å². The van der Waals surface area contributed by atoms with Gasteiger partial charge in [0.25, 0.3) is 0 Å². The molecular formula is C18H37N3OS. The Morgan fingerprint density at radius 2 is 1.57 bits per heavy atom. The molecule has 0 unspecified atom stereocenters. The summed E-state index contributed by atoms with van der Waals surface area (Å²) >= 11 is 0. The first kappa shape index (κ1) is 19.4. The number of nitrogens with zero attached hydrogens (tertiary/aromatic N) is 3. The van der Waals surface area contributed by atoms with Crippen molar-refractivity contribution < 1.29 is 4.21 Å². The molecule has 2 aliphatic heterocycles. The van der Waals surface area contributed by atoms with Crippen molar-refractivity contribution >= 4 is 10.8 Å². The molecule has 0 aromatic carbocycles. The van der Waals surface area contributed by atoms with Crippen LogP contribution >= 0.6 is 0 Å². The molecule has 0 spiro atoms. The van der Waals surface area contributed by atoms with Crippen LogP contribution in [0.3, 0.4) is 0 Å². The van der Waals surface area contributed by atoms with Crippen LogP contribution < -0.4 is 0 Å². The van der Waals surface area contributed by atoms with Crippen LogP contribution in [-0.4, -0.2) is 87.8 Å². The fourth-order valence-electron chi connectivity index (χ4n) is 3.99. The van der Waals surface area contributed by atoms with E-state index in [0.29, 0.717) is 6.04 Å². The predicted octanol–water partition coefficient (Wildman–Crippen LogP) is 2.03. The zero-order valence-corrected chi connectivity index (χ0v) is 16.5. The fraction of sp³-hybridized carbons (Fsp3) is 1.00. The second-order valence-corrected chi connectivity index (χ2v) is 9.51. The van der Waals surface area contributed by atoms with E-state index in [0.717, 1.165) is 31.7 Å². The van der Waals surface area contributed by atoms with E-state index in [1.165, 1.54) is 45.7 Å². The lowest BCUT2D eigenvalue weighted by Crippen LogP contribution is -2.53. The van der Waals surface area contributed by atoms with Gasteiger partial charge in [0.15, 0.2) is 0 Å². The average Bonchev–Trinajstić information content (AvgIpc) is 2.57. The number of hydrogen-bond donors (Lipinski definition) is 0. The van der Waals surface area contributed by atoms with Gasteiger partial charge in [-0.2, -0.15) is 0 Å². The van der Waals surface area contributed by atoms with Gasteiger partial charge in [0.2, 0.25) is 0 Å². The third-order valence-electron chi connectivity index (χ3n) is 5.96. The first-order valence-electron chi connectivity index (χ1n) is 9.58. The molecule has 0 aromatic heterocycles. The third-order valence-corrected chi connectivity index (χ3v) is 8.19. The molecule has 2 rings (SSSR count). The second kappa shape index (κ2) is 8.93. The van der Waals surface area contributed by atoms with E-state index in [1.54, 1.807) is 0 Å². The second-order valence-electron chi connectivity index (χ2n) is 7.54. The maximum absolute atomic E-state index is 12.4. The van der Waals surface area contributed by atoms with Crippen LogP contribution in [0.4, 0.5) is 0 Å². The highest BCUT2D eigenvalue weighted by Gasteiger charge is 2.38. The Morgan fingerprint density at radius 3 is 2.13 bits per heavy atom. The maximum Gasteiger partial charge on any atom is 0.0581 e. The van der Waals surface area contributed by atoms with Gasteiger partial charge < -0.3 is 9.80 Å². The summed E-state index contributed by atoms with van der Waals surface area (Å²) in [6.07, 6.45) is 3.34. The SMILES string of the molecule is CCC1(CC)CN(CCCN2CCN(C(C)C)CC2)CC[S@@]1=O. The summed E-state index contributed by atoms with van der Waals surface area (Å²) < 4.78 is 12.5. The molecule has 2 aliphatic rings. The summed E-state index contributed by atoms with van der Waals surface area (Å²) in [6, 6.07) is 0.683. The lowest BCUT2D eigenvalue weighted by molar-refractivity contribution is 0.104. The molecule has 0 N–H and O–H groups in total. The number of rotatable bonds is 7. The van der Waals surface area contributed by atoms with Gasteiger partial charge in [-0.1, -0.05) is 13.8 Å². The smallest absolute Gasteiger partial charge is 0.0581 e. The highest BCUT2D eigenvalue weighted by molar-refractivity contribution is 7.86. The topological polar surface area (TPSA) is 26.8 Å². The van der Waals surface area contributed by atoms with E-state index in [4.69, 9.17) is 0 Å². The number of piperazine rings is 1. The van der Waals surface area contributed by atoms with Crippen molar-refractivity contribution in [3.05, 3.63) is 0 Å². The summed E-state index contributed by atoms with van der Waals surface area (Å²) in [5, 5.41) is 0. The van der Waals surface area contributed by atoms with Crippen LogP contribution in [0.1, 0.15) is 47.0 Å². The molecule has 23 heavy (non-hydrogen) atoms. The van der Waals surface area contributed by atoms with Crippen molar-refractivity contribution in [2.24, 2.45) is 0 Å². The molecule has 2 heterocycles. The molecule has 136 valence electrons. The van der Waals surface area contributed by atoms with Crippen LogP contribution in [0, 0.1) is 0 Å². The molecule has 0 amide bonds. The summed E-state index contributed by atoms with van der Waals surface area (Å²) in [5.74, 6) is 0.870. The van der Waals surface area contributed by atoms with Gasteiger partial charge >= 0.3 is 0 Å². The van der Waals surface area contributed by atoms with Gasteiger partial charge in [-0.3, -0.25) is 9.11 Å². The fourth-order valence-corrected chi connectivity index (χ4v) is 5.82. The maximum atomic E-state index is 12.4. The summed E-state index contributed by atoms with van der Waals surface area (Å²) in [6.45, 7) is 18.3. The molecular weight excluding hydrogens is 306 g/mol. The van der Waals surface area contributed by atoms with Gasteiger partial charge in [0.05, 0.1) is 4.75 Å². The Labute approximate surface area is 146 Å². The quantitative estimate of drug-likeness (QED) is 0.707. The van der Waals surface area contributed by atoms with Crippen molar-refractivity contribution in [1.82, 2.24) is 14.7 Å². The van der Waals surface area contributed by atoms with Crippen molar-refractivity contribution in [1.29, 1.82) is 0 Å². The minimum atomic E-state index is -0.633. The predicted molar refractivity (Wildman–Crippen MR) is 101 cm³/mol. The van der Waals surface area contributed by atoms with Crippen molar-refractivity contribution in [3.63, 3.8) is 0 Å². The largest absolute Gasteiger partial charge is 0.301 e. The molecule has 0 radical (unpaired) electrons. The van der Waals surface area contributed by atoms with Gasteiger partial charge in [-0.15, -0.1) is 0 Å². The Bertz CT molecular complexity index is 376. The lowest BCUT2D eigenvalue weighted by Gasteiger charge is -2.41. The van der Waals surface area contributed by atoms with E-state index < -0.39 is 10.8 Å². The Balaban J connectivity index is 1.70. The third kappa shape index (κ3) is 5.00. The highest BCUT2D eigenvalue weighted by atomic mass is 32.2. The van der Waals surface area contributed by atoms with Gasteiger partial charge in [0.1, 0.15) is 0 Å². The minimum absolute atomic E-state index is 0.0567. The molecule has 0 aliphatic carbocycles. The van der Waals surface area contributed by atoms with Crippen molar-refractivity contribution in [2.45, 2.75) is 57.7 Å². The summed E-state index contributed by atoms with van der Waals surface area (Å²) in [4.78, 5) is 7.76. The van der Waals surface area contributed by atoms with Crippen molar-refractivity contribution in [2.75, 3.05) is 58.1 Å². The number of hydrogen-bond acceptors (Lipinski definition) is 4. The molecule has 2 saturated heterocycles. The molecule has 2 fully saturated rings. The van der Waals surface area contributed by atoms with Crippen LogP contribution in [0.25, 0.3) is 0 Å². The molecule has 5 heteroatoms. The highest BCUT2D eigenvalue weighted by Crippen LogP contribution is 2.28. The first-order chi connectivity index (χ1) is 11.0. The van der Waals surface area contributed by atoms with Crippen LogP contribution in [0.15, 0.2) is 0 Å². The Kier molecular flexibility index (Phi) is 7.52. The summed E-state index contributed by atoms with van der Waals surface area (Å²) in [7, 11) is -0.633. The zero-order chi connectivity index (χ0) is 16.9. The van der Waals surface area contributed by atoms with Gasteiger partial charge in [0, 0.05) is 61.9 Å². The van der Waals surface area contributed by atoms with Crippen molar-refractivity contribution in [3.8, 4) is 0 Å². The standard InChI is InChI=1S/C18H37N3OS/c1-5-18(6-2)16-20(14-15-23(18)22)9-7-8-19-10-12-21(13-11-19)17(3)4/h17H,5-16H2,1-4H3/t23-/m0/s1. The normalized spacial score (nSPS) is 27.6. The molecule has 1 atom stereocenters. The Hall–Kier alpha value is 0.0300. The zero-order valence-electron chi connectivity index (χ0n) is 15.7. The average molecular weight is 344 g/mol. The summed E-state index contributed by atoms with van der Waals surface area (Å²) in [5.41, 5.74) is 0. The van der Waals surface area contributed by atoms with Crippen LogP contribution in [-0.2, 0) is 10.8 Å². The van der Waals surface area contributed by atoms with E-state index in [1.807, 2.05) is 0 Å². The van der Waals surface area contributed by atoms with Crippen LogP contribution in [0.2, 0.25) is 0 Å². The molecule has 0 aromatic rings. The van der Waals surface area contributed by atoms with E-state index in [2.05, 4.69) is 42.4 Å². The molecule has 4 nitrogen and oxygen atoms in total. The van der Waals surface area contributed by atoms with E-state index in [9.17, 15) is 4.21 Å². The monoisotopic (exact) mass is 343 g/mol. The van der Waals surface area contributed by atoms with Gasteiger partial charge in [-0.05, 0) is 46.2 Å². The van der Waals surface area contributed by atoms with Gasteiger partial charge in [-0.25, -0.2) is 0 Å². The minimum Gasteiger partial charge on any atom is -0.301 e. The molecule has 0 bridgehead atoms.